The Bertz CT molecular complexity index is 1530. The first kappa shape index (κ1) is 27.8. The molecule has 5 rings (SSSR count). The van der Waals surface area contributed by atoms with Crippen LogP contribution in [0.1, 0.15) is 26.1 Å². The molecule has 2 unspecified atom stereocenters. The summed E-state index contributed by atoms with van der Waals surface area (Å²) in [7, 11) is 0. The molecule has 1 N–H and O–H groups in total. The van der Waals surface area contributed by atoms with Gasteiger partial charge in [-0.2, -0.15) is 8.78 Å². The summed E-state index contributed by atoms with van der Waals surface area (Å²) in [6.45, 7) is 5.84. The fourth-order valence-corrected chi connectivity index (χ4v) is 6.55. The van der Waals surface area contributed by atoms with Crippen LogP contribution in [0.2, 0.25) is 0 Å². The van der Waals surface area contributed by atoms with Gasteiger partial charge >= 0.3 is 5.97 Å². The van der Waals surface area contributed by atoms with Gasteiger partial charge in [-0.3, -0.25) is 4.79 Å². The second-order valence-corrected chi connectivity index (χ2v) is 12.1. The maximum atomic E-state index is 14.8. The molecule has 2 heterocycles. The standard InChI is InChI=1S/C25H19F6IN4O2S/c1-9-34-35-24-36(9)8-12-15(22(39-24)33-14-5-4-10(32)6-13(14)26)11(7-25(12,2)3)23(37)38-21-19(30)17(28)16(27)18(29)20(21)31/h4-6,11-12,33H,7-8H2,1-3H3. The molecular weight excluding hydrogens is 661 g/mol. The van der Waals surface area contributed by atoms with E-state index in [1.807, 2.05) is 41.0 Å². The number of rotatable bonds is 4. The highest BCUT2D eigenvalue weighted by atomic mass is 127. The average molecular weight is 680 g/mol. The maximum absolute atomic E-state index is 14.8. The van der Waals surface area contributed by atoms with Crippen LogP contribution in [0.3, 0.4) is 0 Å². The molecule has 0 radical (unpaired) electrons. The van der Waals surface area contributed by atoms with Gasteiger partial charge in [-0.25, -0.2) is 17.6 Å². The van der Waals surface area contributed by atoms with E-state index < -0.39 is 58.0 Å². The SMILES string of the molecule is Cc1nnc2n1CC1C(=C(Nc3ccc(I)cc3F)S2)C(C(=O)Oc2c(F)c(F)c(F)c(F)c2F)CC1(C)C. The number of aryl methyl sites for hydroxylation is 1. The van der Waals surface area contributed by atoms with Gasteiger partial charge in [0.05, 0.1) is 16.6 Å². The summed E-state index contributed by atoms with van der Waals surface area (Å²) in [4.78, 5) is 13.4. The lowest BCUT2D eigenvalue weighted by molar-refractivity contribution is -0.138. The number of halogens is 7. The number of carbonyl (C=O) groups is 1. The van der Waals surface area contributed by atoms with E-state index in [0.717, 1.165) is 11.8 Å². The summed E-state index contributed by atoms with van der Waals surface area (Å²) in [5.74, 6) is -15.7. The molecule has 1 fully saturated rings. The van der Waals surface area contributed by atoms with Gasteiger partial charge in [0.15, 0.2) is 5.16 Å². The molecule has 0 bridgehead atoms. The normalized spacial score (nSPS) is 19.9. The number of benzene rings is 2. The number of nitrogens with one attached hydrogen (secondary N) is 1. The van der Waals surface area contributed by atoms with Gasteiger partial charge in [-0.05, 0) is 76.9 Å². The topological polar surface area (TPSA) is 69.0 Å². The van der Waals surface area contributed by atoms with Gasteiger partial charge in [0.2, 0.25) is 34.8 Å². The molecule has 1 aromatic heterocycles. The van der Waals surface area contributed by atoms with Crippen molar-refractivity contribution in [1.82, 2.24) is 14.8 Å². The number of nitrogens with zero attached hydrogens (tertiary/aromatic N) is 3. The third kappa shape index (κ3) is 4.78. The summed E-state index contributed by atoms with van der Waals surface area (Å²) in [6.07, 6.45) is 0.124. The molecule has 14 heteroatoms. The van der Waals surface area contributed by atoms with Crippen LogP contribution in [0.15, 0.2) is 34.0 Å². The van der Waals surface area contributed by atoms with E-state index >= 15 is 0 Å². The van der Waals surface area contributed by atoms with Gasteiger partial charge in [-0.1, -0.05) is 13.8 Å². The van der Waals surface area contributed by atoms with Gasteiger partial charge < -0.3 is 14.6 Å². The molecule has 2 atom stereocenters. The van der Waals surface area contributed by atoms with Gasteiger partial charge in [0.25, 0.3) is 0 Å². The van der Waals surface area contributed by atoms with E-state index in [1.165, 1.54) is 12.1 Å². The number of aromatic nitrogens is 3. The molecule has 2 aliphatic rings. The minimum absolute atomic E-state index is 0.102. The van der Waals surface area contributed by atoms with Crippen LogP contribution in [0, 0.1) is 62.6 Å². The van der Waals surface area contributed by atoms with Crippen molar-refractivity contribution in [2.24, 2.45) is 17.3 Å². The smallest absolute Gasteiger partial charge is 0.318 e. The minimum Gasteiger partial charge on any atom is -0.420 e. The van der Waals surface area contributed by atoms with Crippen molar-refractivity contribution in [1.29, 1.82) is 0 Å². The number of hydrogen-bond donors (Lipinski definition) is 1. The zero-order valence-electron chi connectivity index (χ0n) is 20.5. The molecule has 1 aliphatic carbocycles. The highest BCUT2D eigenvalue weighted by Gasteiger charge is 2.51. The maximum Gasteiger partial charge on any atom is 0.318 e. The second kappa shape index (κ2) is 10.0. The predicted octanol–water partition coefficient (Wildman–Crippen LogP) is 6.72. The molecule has 6 nitrogen and oxygen atoms in total. The van der Waals surface area contributed by atoms with Crippen molar-refractivity contribution < 1.29 is 35.9 Å². The first-order valence-electron chi connectivity index (χ1n) is 11.6. The van der Waals surface area contributed by atoms with Crippen LogP contribution in [0.25, 0.3) is 0 Å². The van der Waals surface area contributed by atoms with E-state index in [2.05, 4.69) is 15.5 Å². The summed E-state index contributed by atoms with van der Waals surface area (Å²) >= 11 is 3.05. The van der Waals surface area contributed by atoms with Gasteiger partial charge in [0, 0.05) is 16.0 Å². The molecule has 1 saturated carbocycles. The Labute approximate surface area is 236 Å². The Morgan fingerprint density at radius 1 is 1.08 bits per heavy atom. The van der Waals surface area contributed by atoms with E-state index in [1.54, 1.807) is 13.0 Å². The molecule has 2 aromatic carbocycles. The van der Waals surface area contributed by atoms with Crippen LogP contribution in [0.5, 0.6) is 5.75 Å². The van der Waals surface area contributed by atoms with E-state index in [9.17, 15) is 31.1 Å². The minimum atomic E-state index is -2.36. The van der Waals surface area contributed by atoms with Crippen LogP contribution in [-0.2, 0) is 11.3 Å². The first-order valence-corrected chi connectivity index (χ1v) is 13.5. The number of anilines is 1. The molecule has 3 aromatic rings. The lowest BCUT2D eigenvalue weighted by Gasteiger charge is -2.27. The lowest BCUT2D eigenvalue weighted by Crippen LogP contribution is -2.25. The molecule has 0 amide bonds. The highest BCUT2D eigenvalue weighted by Crippen LogP contribution is 2.55. The number of esters is 1. The monoisotopic (exact) mass is 680 g/mol. The Hall–Kier alpha value is -2.75. The fraction of sp³-hybridized carbons (Fsp3) is 0.320. The van der Waals surface area contributed by atoms with E-state index in [0.29, 0.717) is 31.7 Å². The van der Waals surface area contributed by atoms with Crippen molar-refractivity contribution >= 4 is 46.0 Å². The third-order valence-electron chi connectivity index (χ3n) is 6.98. The molecule has 206 valence electrons. The molecule has 0 spiro atoms. The highest BCUT2D eigenvalue weighted by molar-refractivity contribution is 14.1. The van der Waals surface area contributed by atoms with E-state index in [-0.39, 0.29) is 18.0 Å². The summed E-state index contributed by atoms with van der Waals surface area (Å²) in [5.41, 5.74) is -0.0570. The van der Waals surface area contributed by atoms with Crippen molar-refractivity contribution in [2.75, 3.05) is 5.32 Å². The number of carbonyl (C=O) groups excluding carboxylic acids is 1. The Morgan fingerprint density at radius 3 is 2.36 bits per heavy atom. The lowest BCUT2D eigenvalue weighted by atomic mass is 9.80. The molecule has 39 heavy (non-hydrogen) atoms. The number of hydrogen-bond acceptors (Lipinski definition) is 6. The fourth-order valence-electron chi connectivity index (χ4n) is 4.95. The number of ether oxygens (including phenoxy) is 1. The van der Waals surface area contributed by atoms with Gasteiger partial charge in [-0.15, -0.1) is 10.2 Å². The summed E-state index contributed by atoms with van der Waals surface area (Å²) in [6, 6.07) is 4.51. The average Bonchev–Trinajstić information content (AvgIpc) is 3.29. The second-order valence-electron chi connectivity index (χ2n) is 9.89. The predicted molar refractivity (Wildman–Crippen MR) is 138 cm³/mol. The largest absolute Gasteiger partial charge is 0.420 e. The Balaban J connectivity index is 1.62. The molecule has 1 aliphatic heterocycles. The Kier molecular flexibility index (Phi) is 7.14. The third-order valence-corrected chi connectivity index (χ3v) is 8.68. The van der Waals surface area contributed by atoms with E-state index in [4.69, 9.17) is 4.74 Å². The number of fused-ring (bicyclic) bond motifs is 2. The summed E-state index contributed by atoms with van der Waals surface area (Å²) < 4.78 is 91.9. The molecular formula is C25H19F6IN4O2S. The summed E-state index contributed by atoms with van der Waals surface area (Å²) in [5, 5.41) is 12.1. The van der Waals surface area contributed by atoms with Crippen molar-refractivity contribution in [3.63, 3.8) is 0 Å². The van der Waals surface area contributed by atoms with Crippen LogP contribution in [-0.4, -0.2) is 20.7 Å². The van der Waals surface area contributed by atoms with Crippen molar-refractivity contribution in [2.45, 2.75) is 38.9 Å². The molecule has 0 saturated heterocycles. The quantitative estimate of drug-likeness (QED) is 0.0825. The Morgan fingerprint density at radius 2 is 1.72 bits per heavy atom. The van der Waals surface area contributed by atoms with Crippen molar-refractivity contribution in [3.8, 4) is 5.75 Å². The first-order chi connectivity index (χ1) is 18.3. The zero-order valence-corrected chi connectivity index (χ0v) is 23.5. The number of thioether (sulfide) groups is 1. The van der Waals surface area contributed by atoms with Crippen LogP contribution < -0.4 is 10.1 Å². The van der Waals surface area contributed by atoms with Gasteiger partial charge in [0.1, 0.15) is 11.6 Å². The zero-order chi connectivity index (χ0) is 28.4. The van der Waals surface area contributed by atoms with Crippen LogP contribution in [0.4, 0.5) is 32.0 Å². The van der Waals surface area contributed by atoms with Crippen LogP contribution >= 0.6 is 34.4 Å². The van der Waals surface area contributed by atoms with Crippen molar-refractivity contribution in [3.05, 3.63) is 73.1 Å².